The fourth-order valence-corrected chi connectivity index (χ4v) is 1.55. The maximum absolute atomic E-state index is 11.0. The molecule has 70 valence electrons. The normalized spacial score (nSPS) is 31.4. The summed E-state index contributed by atoms with van der Waals surface area (Å²) in [6, 6.07) is 0. The van der Waals surface area contributed by atoms with E-state index in [9.17, 15) is 9.90 Å². The summed E-state index contributed by atoms with van der Waals surface area (Å²) in [5.74, 6) is 0.450. The van der Waals surface area contributed by atoms with Gasteiger partial charge >= 0.3 is 0 Å². The summed E-state index contributed by atoms with van der Waals surface area (Å²) >= 11 is 0. The monoisotopic (exact) mass is 171 g/mol. The molecule has 0 aromatic heterocycles. The molecule has 2 atom stereocenters. The Morgan fingerprint density at radius 1 is 1.42 bits per heavy atom. The largest absolute Gasteiger partial charge is 0.393 e. The first-order chi connectivity index (χ1) is 5.61. The molecule has 1 amide bonds. The second kappa shape index (κ2) is 3.90. The lowest BCUT2D eigenvalue weighted by atomic mass is 10.0. The smallest absolute Gasteiger partial charge is 0.219 e. The molecule has 1 fully saturated rings. The molecule has 0 radical (unpaired) electrons. The Bertz CT molecular complexity index is 158. The maximum Gasteiger partial charge on any atom is 0.219 e. The van der Waals surface area contributed by atoms with E-state index in [-0.39, 0.29) is 12.0 Å². The second-order valence-corrected chi connectivity index (χ2v) is 3.63. The van der Waals surface area contributed by atoms with Crippen molar-refractivity contribution in [2.45, 2.75) is 32.8 Å². The summed E-state index contributed by atoms with van der Waals surface area (Å²) in [5.41, 5.74) is 0. The SMILES string of the molecule is CC(=O)N1CCC(C)C(O)CC1. The van der Waals surface area contributed by atoms with Crippen LogP contribution in [0.1, 0.15) is 26.7 Å². The molecule has 1 saturated heterocycles. The Balaban J connectivity index is 2.49. The first kappa shape index (κ1) is 9.52. The number of carbonyl (C=O) groups excluding carboxylic acids is 1. The van der Waals surface area contributed by atoms with Crippen LogP contribution in [0.3, 0.4) is 0 Å². The highest BCUT2D eigenvalue weighted by atomic mass is 16.3. The molecule has 1 aliphatic heterocycles. The molecule has 0 saturated carbocycles. The number of aliphatic hydroxyl groups excluding tert-OH is 1. The van der Waals surface area contributed by atoms with Gasteiger partial charge in [0.2, 0.25) is 5.91 Å². The van der Waals surface area contributed by atoms with Gasteiger partial charge in [-0.25, -0.2) is 0 Å². The molecular formula is C9H17NO2. The Hall–Kier alpha value is -0.570. The summed E-state index contributed by atoms with van der Waals surface area (Å²) in [4.78, 5) is 12.8. The van der Waals surface area contributed by atoms with E-state index in [1.165, 1.54) is 0 Å². The predicted octanol–water partition coefficient (Wildman–Crippen LogP) is 0.626. The van der Waals surface area contributed by atoms with Crippen molar-refractivity contribution >= 4 is 5.91 Å². The summed E-state index contributed by atoms with van der Waals surface area (Å²) in [7, 11) is 0. The van der Waals surface area contributed by atoms with Crippen molar-refractivity contribution in [2.24, 2.45) is 5.92 Å². The molecule has 0 aliphatic carbocycles. The Morgan fingerprint density at radius 3 is 2.58 bits per heavy atom. The predicted molar refractivity (Wildman–Crippen MR) is 46.7 cm³/mol. The quantitative estimate of drug-likeness (QED) is 0.580. The van der Waals surface area contributed by atoms with Gasteiger partial charge in [-0.1, -0.05) is 6.92 Å². The Morgan fingerprint density at radius 2 is 2.00 bits per heavy atom. The molecule has 0 aromatic carbocycles. The standard InChI is InChI=1S/C9H17NO2/c1-7-3-5-10(8(2)11)6-4-9(7)12/h7,9,12H,3-6H2,1-2H3. The highest BCUT2D eigenvalue weighted by Crippen LogP contribution is 2.17. The van der Waals surface area contributed by atoms with Gasteiger partial charge in [0.1, 0.15) is 0 Å². The summed E-state index contributed by atoms with van der Waals surface area (Å²) in [6.45, 7) is 5.13. The van der Waals surface area contributed by atoms with Gasteiger partial charge in [0.05, 0.1) is 6.10 Å². The van der Waals surface area contributed by atoms with Crippen molar-refractivity contribution in [1.82, 2.24) is 4.90 Å². The van der Waals surface area contributed by atoms with E-state index in [1.54, 1.807) is 6.92 Å². The zero-order valence-electron chi connectivity index (χ0n) is 7.79. The van der Waals surface area contributed by atoms with Crippen LogP contribution in [0.25, 0.3) is 0 Å². The van der Waals surface area contributed by atoms with Crippen molar-refractivity contribution < 1.29 is 9.90 Å². The fraction of sp³-hybridized carbons (Fsp3) is 0.889. The van der Waals surface area contributed by atoms with Crippen LogP contribution in [0, 0.1) is 5.92 Å². The number of likely N-dealkylation sites (tertiary alicyclic amines) is 1. The third kappa shape index (κ3) is 2.21. The van der Waals surface area contributed by atoms with E-state index in [1.807, 2.05) is 11.8 Å². The molecule has 1 heterocycles. The number of aliphatic hydroxyl groups is 1. The summed E-state index contributed by atoms with van der Waals surface area (Å²) in [6.07, 6.45) is 1.41. The lowest BCUT2D eigenvalue weighted by Crippen LogP contribution is -2.29. The Kier molecular flexibility index (Phi) is 3.09. The molecule has 1 rings (SSSR count). The topological polar surface area (TPSA) is 40.5 Å². The van der Waals surface area contributed by atoms with E-state index < -0.39 is 0 Å². The minimum Gasteiger partial charge on any atom is -0.393 e. The van der Waals surface area contributed by atoms with Crippen LogP contribution in [-0.2, 0) is 4.79 Å². The van der Waals surface area contributed by atoms with E-state index in [0.717, 1.165) is 19.4 Å². The molecule has 0 aromatic rings. The zero-order chi connectivity index (χ0) is 9.14. The van der Waals surface area contributed by atoms with Crippen molar-refractivity contribution in [2.75, 3.05) is 13.1 Å². The van der Waals surface area contributed by atoms with E-state index >= 15 is 0 Å². The van der Waals surface area contributed by atoms with Crippen molar-refractivity contribution in [1.29, 1.82) is 0 Å². The van der Waals surface area contributed by atoms with Crippen LogP contribution in [0.2, 0.25) is 0 Å². The third-order valence-corrected chi connectivity index (χ3v) is 2.65. The van der Waals surface area contributed by atoms with Gasteiger partial charge in [0.25, 0.3) is 0 Å². The number of carbonyl (C=O) groups is 1. The maximum atomic E-state index is 11.0. The lowest BCUT2D eigenvalue weighted by molar-refractivity contribution is -0.128. The molecule has 0 spiro atoms. The summed E-state index contributed by atoms with van der Waals surface area (Å²) < 4.78 is 0. The van der Waals surface area contributed by atoms with E-state index in [4.69, 9.17) is 0 Å². The van der Waals surface area contributed by atoms with Crippen molar-refractivity contribution in [3.05, 3.63) is 0 Å². The molecule has 1 N–H and O–H groups in total. The average molecular weight is 171 g/mol. The minimum atomic E-state index is -0.227. The molecule has 3 nitrogen and oxygen atoms in total. The number of nitrogens with zero attached hydrogens (tertiary/aromatic N) is 1. The molecule has 12 heavy (non-hydrogen) atoms. The number of hydrogen-bond acceptors (Lipinski definition) is 2. The number of amides is 1. The van der Waals surface area contributed by atoms with Gasteiger partial charge in [-0.3, -0.25) is 4.79 Å². The van der Waals surface area contributed by atoms with Crippen molar-refractivity contribution in [3.8, 4) is 0 Å². The second-order valence-electron chi connectivity index (χ2n) is 3.63. The van der Waals surface area contributed by atoms with Crippen LogP contribution < -0.4 is 0 Å². The molecular weight excluding hydrogens is 154 g/mol. The van der Waals surface area contributed by atoms with Crippen LogP contribution in [0.15, 0.2) is 0 Å². The first-order valence-corrected chi connectivity index (χ1v) is 4.55. The van der Waals surface area contributed by atoms with Gasteiger partial charge in [-0.2, -0.15) is 0 Å². The van der Waals surface area contributed by atoms with Gasteiger partial charge in [-0.15, -0.1) is 0 Å². The van der Waals surface area contributed by atoms with Crippen LogP contribution in [0.5, 0.6) is 0 Å². The Labute approximate surface area is 73.4 Å². The zero-order valence-corrected chi connectivity index (χ0v) is 7.79. The minimum absolute atomic E-state index is 0.122. The van der Waals surface area contributed by atoms with Crippen molar-refractivity contribution in [3.63, 3.8) is 0 Å². The van der Waals surface area contributed by atoms with E-state index in [0.29, 0.717) is 12.5 Å². The van der Waals surface area contributed by atoms with Gasteiger partial charge in [0.15, 0.2) is 0 Å². The van der Waals surface area contributed by atoms with Crippen LogP contribution >= 0.6 is 0 Å². The fourth-order valence-electron chi connectivity index (χ4n) is 1.55. The lowest BCUT2D eigenvalue weighted by Gasteiger charge is -2.17. The van der Waals surface area contributed by atoms with E-state index in [2.05, 4.69) is 0 Å². The third-order valence-electron chi connectivity index (χ3n) is 2.65. The molecule has 3 heteroatoms. The van der Waals surface area contributed by atoms with Gasteiger partial charge < -0.3 is 10.0 Å². The van der Waals surface area contributed by atoms with Gasteiger partial charge in [-0.05, 0) is 18.8 Å². The molecule has 2 unspecified atom stereocenters. The molecule has 1 aliphatic rings. The first-order valence-electron chi connectivity index (χ1n) is 4.55. The van der Waals surface area contributed by atoms with Crippen LogP contribution in [-0.4, -0.2) is 35.1 Å². The summed E-state index contributed by atoms with van der Waals surface area (Å²) in [5, 5.41) is 9.52. The highest BCUT2D eigenvalue weighted by molar-refractivity contribution is 5.73. The average Bonchev–Trinajstić information content (AvgIpc) is 2.16. The van der Waals surface area contributed by atoms with Crippen LogP contribution in [0.4, 0.5) is 0 Å². The number of rotatable bonds is 0. The number of hydrogen-bond donors (Lipinski definition) is 1. The van der Waals surface area contributed by atoms with Gasteiger partial charge in [0, 0.05) is 20.0 Å². The molecule has 0 bridgehead atoms. The highest BCUT2D eigenvalue weighted by Gasteiger charge is 2.21.